The molecule has 0 amide bonds. The van der Waals surface area contributed by atoms with Crippen LogP contribution in [0, 0.1) is 5.92 Å². The molecular weight excluding hydrogens is 236 g/mol. The van der Waals surface area contributed by atoms with Gasteiger partial charge in [0.15, 0.2) is 12.2 Å². The third-order valence-corrected chi connectivity index (χ3v) is 2.09. The van der Waals surface area contributed by atoms with Gasteiger partial charge in [0.1, 0.15) is 6.29 Å². The third kappa shape index (κ3) is 2.92. The molecule has 0 radical (unpaired) electrons. The van der Waals surface area contributed by atoms with E-state index in [9.17, 15) is 19.2 Å². The summed E-state index contributed by atoms with van der Waals surface area (Å²) < 4.78 is 17.5. The molecule has 8 heteroatoms. The highest BCUT2D eigenvalue weighted by Gasteiger charge is 2.58. The minimum absolute atomic E-state index is 0.461. The molecule has 3 atom stereocenters. The van der Waals surface area contributed by atoms with E-state index in [1.54, 1.807) is 0 Å². The molecule has 8 nitrogen and oxygen atoms in total. The number of esters is 2. The van der Waals surface area contributed by atoms with Crippen LogP contribution >= 0.6 is 0 Å². The lowest BCUT2D eigenvalue weighted by atomic mass is 10.5. The summed E-state index contributed by atoms with van der Waals surface area (Å²) in [6, 6.07) is 0. The zero-order chi connectivity index (χ0) is 13.0. The molecular formula is C9H10O8. The fourth-order valence-electron chi connectivity index (χ4n) is 1.14. The van der Waals surface area contributed by atoms with Crippen molar-refractivity contribution >= 4 is 24.4 Å². The zero-order valence-corrected chi connectivity index (χ0v) is 9.08. The Bertz CT molecular complexity index is 349. The highest BCUT2D eigenvalue weighted by Crippen LogP contribution is 2.36. The van der Waals surface area contributed by atoms with E-state index in [0.29, 0.717) is 6.29 Å². The molecule has 0 heterocycles. The number of ether oxygens (including phenoxy) is 4. The largest absolute Gasteiger partial charge is 0.508 e. The normalized spacial score (nSPS) is 25.4. The molecule has 0 aromatic heterocycles. The van der Waals surface area contributed by atoms with E-state index in [-0.39, 0.29) is 0 Å². The Morgan fingerprint density at radius 1 is 0.941 bits per heavy atom. The van der Waals surface area contributed by atoms with E-state index < -0.39 is 36.2 Å². The molecule has 0 aromatic rings. The summed E-state index contributed by atoms with van der Waals surface area (Å²) in [6.07, 6.45) is -2.44. The van der Waals surface area contributed by atoms with Crippen LogP contribution in [0.25, 0.3) is 0 Å². The van der Waals surface area contributed by atoms with Crippen molar-refractivity contribution in [3.63, 3.8) is 0 Å². The van der Waals surface area contributed by atoms with Crippen molar-refractivity contribution < 1.29 is 38.1 Å². The highest BCUT2D eigenvalue weighted by molar-refractivity contribution is 6.29. The van der Waals surface area contributed by atoms with Gasteiger partial charge in [0, 0.05) is 0 Å². The van der Waals surface area contributed by atoms with E-state index in [0.717, 1.165) is 14.2 Å². The van der Waals surface area contributed by atoms with Crippen LogP contribution in [-0.2, 0) is 33.3 Å². The number of methoxy groups -OCH3 is 2. The Kier molecular flexibility index (Phi) is 4.02. The van der Waals surface area contributed by atoms with Crippen LogP contribution in [0.4, 0.5) is 4.79 Å². The van der Waals surface area contributed by atoms with Crippen molar-refractivity contribution in [3.05, 3.63) is 0 Å². The summed E-state index contributed by atoms with van der Waals surface area (Å²) >= 11 is 0. The van der Waals surface area contributed by atoms with Crippen LogP contribution < -0.4 is 0 Å². The molecule has 0 saturated heterocycles. The number of carbonyl (C=O) groups is 4. The van der Waals surface area contributed by atoms with Crippen molar-refractivity contribution in [2.45, 2.75) is 12.2 Å². The molecule has 0 aliphatic heterocycles. The van der Waals surface area contributed by atoms with Gasteiger partial charge in [-0.2, -0.15) is 0 Å². The second kappa shape index (κ2) is 5.28. The molecule has 1 rings (SSSR count). The summed E-state index contributed by atoms with van der Waals surface area (Å²) in [4.78, 5) is 43.0. The number of carbonyl (C=O) groups excluding carboxylic acids is 4. The topological polar surface area (TPSA) is 105 Å². The Labute approximate surface area is 95.8 Å². The standard InChI is InChI=1S/C9H10O8/c1-14-7(11)8(12)16-5-4(3-10)6(5)17-9(13)15-2/h3-6H,1-2H3/t4-,5-,6-/m1/s1. The molecule has 0 spiro atoms. The first-order chi connectivity index (χ1) is 8.04. The van der Waals surface area contributed by atoms with E-state index in [1.165, 1.54) is 0 Å². The van der Waals surface area contributed by atoms with Gasteiger partial charge in [-0.15, -0.1) is 0 Å². The Morgan fingerprint density at radius 3 is 2.00 bits per heavy atom. The lowest BCUT2D eigenvalue weighted by Gasteiger charge is -2.02. The van der Waals surface area contributed by atoms with Crippen LogP contribution in [0.2, 0.25) is 0 Å². The van der Waals surface area contributed by atoms with Crippen molar-refractivity contribution in [2.24, 2.45) is 5.92 Å². The molecule has 17 heavy (non-hydrogen) atoms. The molecule has 1 aliphatic rings. The van der Waals surface area contributed by atoms with Crippen molar-refractivity contribution in [3.8, 4) is 0 Å². The zero-order valence-electron chi connectivity index (χ0n) is 9.08. The van der Waals surface area contributed by atoms with Gasteiger partial charge in [-0.1, -0.05) is 0 Å². The van der Waals surface area contributed by atoms with Gasteiger partial charge in [-0.3, -0.25) is 0 Å². The van der Waals surface area contributed by atoms with Crippen LogP contribution in [0.5, 0.6) is 0 Å². The Morgan fingerprint density at radius 2 is 1.53 bits per heavy atom. The lowest BCUT2D eigenvalue weighted by Crippen LogP contribution is -2.22. The molecule has 1 fully saturated rings. The fourth-order valence-corrected chi connectivity index (χ4v) is 1.14. The van der Waals surface area contributed by atoms with Crippen LogP contribution in [-0.4, -0.2) is 50.8 Å². The molecule has 1 aliphatic carbocycles. The van der Waals surface area contributed by atoms with E-state index in [4.69, 9.17) is 0 Å². The first-order valence-corrected chi connectivity index (χ1v) is 4.54. The molecule has 0 aromatic carbocycles. The van der Waals surface area contributed by atoms with E-state index in [2.05, 4.69) is 18.9 Å². The van der Waals surface area contributed by atoms with Gasteiger partial charge in [0.25, 0.3) is 0 Å². The lowest BCUT2D eigenvalue weighted by molar-refractivity contribution is -0.167. The number of aldehydes is 1. The summed E-state index contributed by atoms with van der Waals surface area (Å²) in [5.74, 6) is -3.23. The quantitative estimate of drug-likeness (QED) is 0.271. The van der Waals surface area contributed by atoms with Gasteiger partial charge in [-0.05, 0) is 0 Å². The van der Waals surface area contributed by atoms with Gasteiger partial charge in [0.05, 0.1) is 20.1 Å². The van der Waals surface area contributed by atoms with Crippen LogP contribution in [0.15, 0.2) is 0 Å². The number of rotatable bonds is 3. The maximum atomic E-state index is 11.0. The Balaban J connectivity index is 2.49. The summed E-state index contributed by atoms with van der Waals surface area (Å²) in [5, 5.41) is 0. The summed E-state index contributed by atoms with van der Waals surface area (Å²) in [6.45, 7) is 0. The molecule has 0 unspecified atom stereocenters. The highest BCUT2D eigenvalue weighted by atomic mass is 16.7. The van der Waals surface area contributed by atoms with Crippen molar-refractivity contribution in [1.82, 2.24) is 0 Å². The summed E-state index contributed by atoms with van der Waals surface area (Å²) in [5.41, 5.74) is 0. The predicted octanol–water partition coefficient (Wildman–Crippen LogP) is -0.949. The maximum absolute atomic E-state index is 11.0. The predicted molar refractivity (Wildman–Crippen MR) is 48.7 cm³/mol. The molecule has 1 saturated carbocycles. The van der Waals surface area contributed by atoms with Gasteiger partial charge >= 0.3 is 18.1 Å². The van der Waals surface area contributed by atoms with Gasteiger partial charge in [0.2, 0.25) is 0 Å². The third-order valence-electron chi connectivity index (χ3n) is 2.09. The van der Waals surface area contributed by atoms with E-state index >= 15 is 0 Å². The molecule has 0 bridgehead atoms. The van der Waals surface area contributed by atoms with Crippen molar-refractivity contribution in [2.75, 3.05) is 14.2 Å². The SMILES string of the molecule is COC(=O)O[C@@H]1[C@H](C=O)[C@H]1OC(=O)C(=O)OC. The maximum Gasteiger partial charge on any atom is 0.508 e. The minimum Gasteiger partial charge on any atom is -0.461 e. The average molecular weight is 246 g/mol. The van der Waals surface area contributed by atoms with Crippen LogP contribution in [0.3, 0.4) is 0 Å². The number of hydrogen-bond donors (Lipinski definition) is 0. The number of hydrogen-bond acceptors (Lipinski definition) is 8. The first kappa shape index (κ1) is 12.9. The average Bonchev–Trinajstić information content (AvgIpc) is 2.99. The van der Waals surface area contributed by atoms with Crippen molar-refractivity contribution in [1.29, 1.82) is 0 Å². The monoisotopic (exact) mass is 246 g/mol. The molecule has 94 valence electrons. The van der Waals surface area contributed by atoms with E-state index in [1.807, 2.05) is 0 Å². The Hall–Kier alpha value is -2.12. The van der Waals surface area contributed by atoms with Gasteiger partial charge < -0.3 is 23.7 Å². The minimum atomic E-state index is -1.25. The first-order valence-electron chi connectivity index (χ1n) is 4.54. The second-order valence-corrected chi connectivity index (χ2v) is 3.11. The van der Waals surface area contributed by atoms with Gasteiger partial charge in [-0.25, -0.2) is 14.4 Å². The van der Waals surface area contributed by atoms with Crippen LogP contribution in [0.1, 0.15) is 0 Å². The smallest absolute Gasteiger partial charge is 0.461 e. The second-order valence-electron chi connectivity index (χ2n) is 3.11. The fraction of sp³-hybridized carbons (Fsp3) is 0.556. The summed E-state index contributed by atoms with van der Waals surface area (Å²) in [7, 11) is 2.10. The molecule has 0 N–H and O–H groups in total.